The summed E-state index contributed by atoms with van der Waals surface area (Å²) in [4.78, 5) is 3.23. The predicted molar refractivity (Wildman–Crippen MR) is 116 cm³/mol. The summed E-state index contributed by atoms with van der Waals surface area (Å²) in [5.74, 6) is 0. The lowest BCUT2D eigenvalue weighted by molar-refractivity contribution is 0.258. The minimum absolute atomic E-state index is 0.246. The van der Waals surface area contributed by atoms with E-state index < -0.39 is 22.5 Å². The molecular weight excluding hydrogens is 415 g/mol. The first-order valence-corrected chi connectivity index (χ1v) is 14.1. The van der Waals surface area contributed by atoms with Gasteiger partial charge in [-0.15, -0.1) is 4.52 Å². The monoisotopic (exact) mass is 441 g/mol. The van der Waals surface area contributed by atoms with E-state index in [1.54, 1.807) is 6.92 Å². The van der Waals surface area contributed by atoms with Crippen molar-refractivity contribution in [2.24, 2.45) is 9.03 Å². The van der Waals surface area contributed by atoms with Crippen molar-refractivity contribution in [1.29, 1.82) is 0 Å². The van der Waals surface area contributed by atoms with E-state index in [-0.39, 0.29) is 6.61 Å². The summed E-state index contributed by atoms with van der Waals surface area (Å²) in [7, 11) is -9.50. The van der Waals surface area contributed by atoms with Crippen LogP contribution in [0.25, 0.3) is 0 Å². The number of nitrogens with one attached hydrogen (secondary N) is 1. The largest absolute Gasteiger partial charge is 0.396 e. The Kier molecular flexibility index (Phi) is 7.12. The van der Waals surface area contributed by atoms with E-state index in [1.165, 1.54) is 0 Å². The minimum Gasteiger partial charge on any atom is -0.307 e. The molecule has 0 fully saturated rings. The summed E-state index contributed by atoms with van der Waals surface area (Å²) < 4.78 is 40.7. The van der Waals surface area contributed by atoms with Gasteiger partial charge in [0.25, 0.3) is 0 Å². The maximum Gasteiger partial charge on any atom is 0.396 e. The van der Waals surface area contributed by atoms with Gasteiger partial charge in [-0.1, -0.05) is 60.7 Å². The van der Waals surface area contributed by atoms with Crippen molar-refractivity contribution in [2.75, 3.05) is 19.8 Å². The Morgan fingerprint density at radius 3 is 1.64 bits per heavy atom. The number of hydrogen-bond donors (Lipinski definition) is 1. The van der Waals surface area contributed by atoms with Crippen LogP contribution in [0.3, 0.4) is 0 Å². The van der Waals surface area contributed by atoms with Crippen molar-refractivity contribution in [3.05, 3.63) is 60.7 Å². The summed E-state index contributed by atoms with van der Waals surface area (Å²) >= 11 is 0. The van der Waals surface area contributed by atoms with Crippen LogP contribution in [0, 0.1) is 0 Å². The second kappa shape index (κ2) is 9.19. The Bertz CT molecular complexity index is 898. The molecule has 0 amide bonds. The average Bonchev–Trinajstić information content (AvgIpc) is 2.69. The van der Waals surface area contributed by atoms with E-state index in [4.69, 9.17) is 18.1 Å². The molecule has 3 rings (SSSR count). The van der Waals surface area contributed by atoms with Crippen LogP contribution >= 0.6 is 22.5 Å². The molecule has 1 unspecified atom stereocenters. The molecule has 10 heteroatoms. The molecule has 2 aromatic carbocycles. The number of rotatable bonds is 8. The lowest BCUT2D eigenvalue weighted by Gasteiger charge is -2.36. The molecule has 7 nitrogen and oxygen atoms in total. The van der Waals surface area contributed by atoms with Gasteiger partial charge in [0.15, 0.2) is 0 Å². The highest BCUT2D eigenvalue weighted by atomic mass is 31.3. The summed E-state index contributed by atoms with van der Waals surface area (Å²) in [5.41, 5.74) is 0. The molecule has 0 spiro atoms. The fourth-order valence-corrected chi connectivity index (χ4v) is 14.1. The quantitative estimate of drug-likeness (QED) is 0.546. The molecule has 28 heavy (non-hydrogen) atoms. The van der Waals surface area contributed by atoms with Crippen molar-refractivity contribution in [3.8, 4) is 0 Å². The lowest BCUT2D eigenvalue weighted by Crippen LogP contribution is -2.28. The van der Waals surface area contributed by atoms with Gasteiger partial charge in [0.1, 0.15) is 7.21 Å². The summed E-state index contributed by atoms with van der Waals surface area (Å²) in [6.07, 6.45) is 0. The third-order valence-corrected chi connectivity index (χ3v) is 13.8. The van der Waals surface area contributed by atoms with Gasteiger partial charge in [-0.3, -0.25) is 0 Å². The topological polar surface area (TPSA) is 81.5 Å². The van der Waals surface area contributed by atoms with E-state index in [9.17, 15) is 4.57 Å². The highest BCUT2D eigenvalue weighted by molar-refractivity contribution is 7.92. The van der Waals surface area contributed by atoms with Gasteiger partial charge < -0.3 is 13.6 Å². The molecule has 0 bridgehead atoms. The zero-order valence-electron chi connectivity index (χ0n) is 16.3. The molecule has 0 aliphatic carbocycles. The third kappa shape index (κ3) is 4.42. The first kappa shape index (κ1) is 21.7. The molecule has 0 radical (unpaired) electrons. The maximum atomic E-state index is 13.7. The normalized spacial score (nSPS) is 22.8. The van der Waals surface area contributed by atoms with Gasteiger partial charge in [0.2, 0.25) is 0 Å². The van der Waals surface area contributed by atoms with E-state index in [2.05, 4.69) is 9.37 Å². The van der Waals surface area contributed by atoms with Crippen LogP contribution in [0.15, 0.2) is 69.7 Å². The van der Waals surface area contributed by atoms with Gasteiger partial charge in [-0.25, -0.2) is 4.57 Å². The average molecular weight is 441 g/mol. The van der Waals surface area contributed by atoms with Crippen LogP contribution in [0.5, 0.6) is 0 Å². The van der Waals surface area contributed by atoms with E-state index in [0.29, 0.717) is 13.2 Å². The molecule has 1 N–H and O–H groups in total. The van der Waals surface area contributed by atoms with Crippen molar-refractivity contribution in [1.82, 2.24) is 4.86 Å². The van der Waals surface area contributed by atoms with Crippen molar-refractivity contribution < 1.29 is 18.1 Å². The Morgan fingerprint density at radius 1 is 0.750 bits per heavy atom. The molecule has 0 saturated heterocycles. The minimum atomic E-state index is -3.62. The zero-order chi connectivity index (χ0) is 20.1. The molecule has 0 saturated carbocycles. The summed E-state index contributed by atoms with van der Waals surface area (Å²) in [6, 6.07) is 19.6. The van der Waals surface area contributed by atoms with Crippen molar-refractivity contribution >= 4 is 33.1 Å². The standard InChI is InChI=1S/C18H26N3O4P3/c1-4-23-27(22)19-26(17-13-9-7-10-14-17,18-15-11-8-12-16-18)20-28(21-27,24-5-2)25-6-3/h7-16H,4-6H2,1-3H3,(H,19,22). The fraction of sp³-hybridized carbons (Fsp3) is 0.333. The van der Waals surface area contributed by atoms with Crippen LogP contribution in [0.4, 0.5) is 0 Å². The van der Waals surface area contributed by atoms with E-state index >= 15 is 0 Å². The highest BCUT2D eigenvalue weighted by Gasteiger charge is 2.44. The van der Waals surface area contributed by atoms with Gasteiger partial charge in [0, 0.05) is 10.6 Å². The van der Waals surface area contributed by atoms with Crippen LogP contribution in [-0.4, -0.2) is 19.8 Å². The molecule has 1 heterocycles. The van der Waals surface area contributed by atoms with Crippen molar-refractivity contribution in [3.63, 3.8) is 0 Å². The smallest absolute Gasteiger partial charge is 0.307 e. The van der Waals surface area contributed by atoms with Crippen LogP contribution < -0.4 is 15.5 Å². The van der Waals surface area contributed by atoms with Gasteiger partial charge >= 0.3 is 15.3 Å². The molecule has 1 aliphatic heterocycles. The molecule has 0 aromatic heterocycles. The summed E-state index contributed by atoms with van der Waals surface area (Å²) in [6.45, 7) is 6.42. The second-order valence-electron chi connectivity index (χ2n) is 5.85. The SMILES string of the molecule is CCOP1(=O)N=P(OCC)(OCC)N=P(c2ccccc2)(c2ccccc2)N1. The number of nitrogens with zero attached hydrogens (tertiary/aromatic N) is 2. The Balaban J connectivity index is 2.39. The second-order valence-corrected chi connectivity index (χ2v) is 13.2. The molecular formula is C18H26N3O4P3. The fourth-order valence-electron chi connectivity index (χ4n) is 2.92. The molecule has 1 aliphatic rings. The Hall–Kier alpha value is -1.03. The van der Waals surface area contributed by atoms with Crippen molar-refractivity contribution in [2.45, 2.75) is 20.8 Å². The predicted octanol–water partition coefficient (Wildman–Crippen LogP) is 5.52. The van der Waals surface area contributed by atoms with Crippen LogP contribution in [-0.2, 0) is 18.1 Å². The number of benzene rings is 2. The maximum absolute atomic E-state index is 13.7. The van der Waals surface area contributed by atoms with Gasteiger partial charge in [-0.05, 0) is 20.8 Å². The third-order valence-electron chi connectivity index (χ3n) is 3.91. The highest BCUT2D eigenvalue weighted by Crippen LogP contribution is 2.75. The Morgan fingerprint density at radius 2 is 1.21 bits per heavy atom. The molecule has 152 valence electrons. The van der Waals surface area contributed by atoms with E-state index in [1.807, 2.05) is 74.5 Å². The Labute approximate surface area is 166 Å². The molecule has 2 aromatic rings. The first-order valence-electron chi connectivity index (χ1n) is 9.23. The van der Waals surface area contributed by atoms with E-state index in [0.717, 1.165) is 10.6 Å². The summed E-state index contributed by atoms with van der Waals surface area (Å²) in [5, 5.41) is 1.83. The molecule has 1 atom stereocenters. The first-order chi connectivity index (χ1) is 13.5. The lowest BCUT2D eigenvalue weighted by atomic mass is 10.4. The van der Waals surface area contributed by atoms with Gasteiger partial charge in [-0.2, -0.15) is 9.37 Å². The van der Waals surface area contributed by atoms with Crippen LogP contribution in [0.2, 0.25) is 0 Å². The number of hydrogen-bond acceptors (Lipinski definition) is 5. The zero-order valence-corrected chi connectivity index (χ0v) is 18.9. The van der Waals surface area contributed by atoms with Crippen LogP contribution in [0.1, 0.15) is 20.8 Å². The van der Waals surface area contributed by atoms with Gasteiger partial charge in [0.05, 0.1) is 19.8 Å².